The van der Waals surface area contributed by atoms with Gasteiger partial charge in [-0.15, -0.1) is 0 Å². The van der Waals surface area contributed by atoms with E-state index in [0.717, 1.165) is 18.2 Å². The molecule has 0 saturated carbocycles. The van der Waals surface area contributed by atoms with Gasteiger partial charge in [-0.3, -0.25) is 0 Å². The molecular weight excluding hydrogens is 202 g/mol. The Labute approximate surface area is 102 Å². The minimum atomic E-state index is 0.425. The summed E-state index contributed by atoms with van der Waals surface area (Å²) >= 11 is 4.54. The highest BCUT2D eigenvalue weighted by Crippen LogP contribution is 2.29. The van der Waals surface area contributed by atoms with Gasteiger partial charge in [0.05, 0.1) is 0 Å². The second-order valence-electron chi connectivity index (χ2n) is 5.09. The molecule has 0 amide bonds. The van der Waals surface area contributed by atoms with Crippen molar-refractivity contribution in [2.75, 3.05) is 25.4 Å². The predicted molar refractivity (Wildman–Crippen MR) is 73.8 cm³/mol. The largest absolute Gasteiger partial charge is 0.303 e. The fourth-order valence-electron chi connectivity index (χ4n) is 2.04. The Morgan fingerprint density at radius 2 is 1.67 bits per heavy atom. The van der Waals surface area contributed by atoms with Crippen LogP contribution in [0.3, 0.4) is 0 Å². The molecule has 0 heterocycles. The molecule has 1 nitrogen and oxygen atoms in total. The molecule has 2 heteroatoms. The van der Waals surface area contributed by atoms with E-state index in [1.54, 1.807) is 0 Å². The van der Waals surface area contributed by atoms with Crippen molar-refractivity contribution in [3.63, 3.8) is 0 Å². The molecule has 0 aromatic heterocycles. The van der Waals surface area contributed by atoms with Crippen LogP contribution in [-0.4, -0.2) is 30.3 Å². The van der Waals surface area contributed by atoms with E-state index in [1.807, 2.05) is 0 Å². The zero-order valence-corrected chi connectivity index (χ0v) is 12.1. The van der Waals surface area contributed by atoms with Crippen LogP contribution in [-0.2, 0) is 0 Å². The van der Waals surface area contributed by atoms with Crippen LogP contribution in [0.4, 0.5) is 0 Å². The summed E-state index contributed by atoms with van der Waals surface area (Å²) in [4.78, 5) is 2.58. The van der Waals surface area contributed by atoms with Gasteiger partial charge in [0.2, 0.25) is 0 Å². The molecule has 0 aromatic rings. The number of rotatable bonds is 8. The SMILES string of the molecule is CCN(CC(C)C)CC(CC)(CC)CS. The van der Waals surface area contributed by atoms with Crippen LogP contribution >= 0.6 is 12.6 Å². The van der Waals surface area contributed by atoms with Gasteiger partial charge in [0.1, 0.15) is 0 Å². The Morgan fingerprint density at radius 3 is 1.93 bits per heavy atom. The second-order valence-corrected chi connectivity index (χ2v) is 5.40. The van der Waals surface area contributed by atoms with Gasteiger partial charge < -0.3 is 4.90 Å². The fourth-order valence-corrected chi connectivity index (χ4v) is 2.59. The van der Waals surface area contributed by atoms with E-state index in [-0.39, 0.29) is 0 Å². The third kappa shape index (κ3) is 5.26. The van der Waals surface area contributed by atoms with Crippen LogP contribution in [0.5, 0.6) is 0 Å². The molecule has 0 aliphatic heterocycles. The third-order valence-corrected chi connectivity index (χ3v) is 4.14. The minimum Gasteiger partial charge on any atom is -0.303 e. The lowest BCUT2D eigenvalue weighted by Crippen LogP contribution is -2.40. The number of thiol groups is 1. The zero-order valence-electron chi connectivity index (χ0n) is 11.2. The van der Waals surface area contributed by atoms with Crippen LogP contribution in [0.15, 0.2) is 0 Å². The van der Waals surface area contributed by atoms with Crippen LogP contribution in [0.2, 0.25) is 0 Å². The van der Waals surface area contributed by atoms with Gasteiger partial charge in [0.25, 0.3) is 0 Å². The molecule has 92 valence electrons. The van der Waals surface area contributed by atoms with Crippen molar-refractivity contribution in [1.82, 2.24) is 4.90 Å². The van der Waals surface area contributed by atoms with E-state index in [0.29, 0.717) is 5.41 Å². The summed E-state index contributed by atoms with van der Waals surface area (Å²) < 4.78 is 0. The molecule has 0 rings (SSSR count). The highest BCUT2D eigenvalue weighted by molar-refractivity contribution is 7.80. The maximum Gasteiger partial charge on any atom is 0.00456 e. The molecule has 0 bridgehead atoms. The van der Waals surface area contributed by atoms with Gasteiger partial charge in [0.15, 0.2) is 0 Å². The molecule has 0 saturated heterocycles. The summed E-state index contributed by atoms with van der Waals surface area (Å²) in [5.74, 6) is 1.77. The summed E-state index contributed by atoms with van der Waals surface area (Å²) in [5, 5.41) is 0. The molecule has 0 fully saturated rings. The second kappa shape index (κ2) is 7.56. The molecule has 15 heavy (non-hydrogen) atoms. The van der Waals surface area contributed by atoms with Gasteiger partial charge >= 0.3 is 0 Å². The molecule has 0 spiro atoms. The normalized spacial score (nSPS) is 12.8. The topological polar surface area (TPSA) is 3.24 Å². The number of nitrogens with zero attached hydrogens (tertiary/aromatic N) is 1. The van der Waals surface area contributed by atoms with Crippen LogP contribution in [0.1, 0.15) is 47.5 Å². The first-order chi connectivity index (χ1) is 7.03. The van der Waals surface area contributed by atoms with Crippen molar-refractivity contribution in [1.29, 1.82) is 0 Å². The van der Waals surface area contributed by atoms with E-state index in [9.17, 15) is 0 Å². The molecule has 0 aliphatic rings. The highest BCUT2D eigenvalue weighted by atomic mass is 32.1. The standard InChI is InChI=1S/C13H29NS/c1-6-13(7-2,11-15)10-14(8-3)9-12(4)5/h12,15H,6-11H2,1-5H3. The maximum atomic E-state index is 4.54. The molecule has 0 N–H and O–H groups in total. The first-order valence-corrected chi connectivity index (χ1v) is 7.00. The van der Waals surface area contributed by atoms with E-state index in [4.69, 9.17) is 0 Å². The average molecular weight is 231 g/mol. The number of hydrogen-bond acceptors (Lipinski definition) is 2. The van der Waals surface area contributed by atoms with Gasteiger partial charge in [-0.25, -0.2) is 0 Å². The lowest BCUT2D eigenvalue weighted by molar-refractivity contribution is 0.151. The monoisotopic (exact) mass is 231 g/mol. The van der Waals surface area contributed by atoms with Crippen molar-refractivity contribution in [2.24, 2.45) is 11.3 Å². The first kappa shape index (κ1) is 15.3. The van der Waals surface area contributed by atoms with Gasteiger partial charge in [-0.05, 0) is 36.5 Å². The number of hydrogen-bond donors (Lipinski definition) is 1. The lowest BCUT2D eigenvalue weighted by atomic mass is 9.83. The minimum absolute atomic E-state index is 0.425. The quantitative estimate of drug-likeness (QED) is 0.623. The van der Waals surface area contributed by atoms with E-state index in [2.05, 4.69) is 52.1 Å². The molecular formula is C13H29NS. The molecule has 0 radical (unpaired) electrons. The maximum absolute atomic E-state index is 4.54. The predicted octanol–water partition coefficient (Wildman–Crippen LogP) is 3.70. The van der Waals surface area contributed by atoms with E-state index in [1.165, 1.54) is 25.9 Å². The van der Waals surface area contributed by atoms with Crippen molar-refractivity contribution < 1.29 is 0 Å². The van der Waals surface area contributed by atoms with Crippen LogP contribution in [0, 0.1) is 11.3 Å². The van der Waals surface area contributed by atoms with Crippen molar-refractivity contribution in [3.05, 3.63) is 0 Å². The third-order valence-electron chi connectivity index (χ3n) is 3.46. The Balaban J connectivity index is 4.34. The van der Waals surface area contributed by atoms with Crippen LogP contribution < -0.4 is 0 Å². The van der Waals surface area contributed by atoms with Crippen LogP contribution in [0.25, 0.3) is 0 Å². The van der Waals surface area contributed by atoms with Crippen molar-refractivity contribution in [3.8, 4) is 0 Å². The Hall–Kier alpha value is 0.310. The zero-order chi connectivity index (χ0) is 11.9. The lowest BCUT2D eigenvalue weighted by Gasteiger charge is -2.36. The molecule has 0 aliphatic carbocycles. The van der Waals surface area contributed by atoms with E-state index >= 15 is 0 Å². The fraction of sp³-hybridized carbons (Fsp3) is 1.00. The smallest absolute Gasteiger partial charge is 0.00456 e. The Morgan fingerprint density at radius 1 is 1.13 bits per heavy atom. The molecule has 0 atom stereocenters. The highest BCUT2D eigenvalue weighted by Gasteiger charge is 2.26. The Bertz CT molecular complexity index is 144. The molecule has 0 unspecified atom stereocenters. The summed E-state index contributed by atoms with van der Waals surface area (Å²) in [6.45, 7) is 15.0. The van der Waals surface area contributed by atoms with Gasteiger partial charge in [-0.1, -0.05) is 34.6 Å². The van der Waals surface area contributed by atoms with Crippen molar-refractivity contribution >= 4 is 12.6 Å². The first-order valence-electron chi connectivity index (χ1n) is 6.36. The van der Waals surface area contributed by atoms with Crippen molar-refractivity contribution in [2.45, 2.75) is 47.5 Å². The molecule has 0 aromatic carbocycles. The summed E-state index contributed by atoms with van der Waals surface area (Å²) in [6.07, 6.45) is 2.48. The summed E-state index contributed by atoms with van der Waals surface area (Å²) in [6, 6.07) is 0. The average Bonchev–Trinajstić information content (AvgIpc) is 2.24. The Kier molecular flexibility index (Phi) is 7.72. The van der Waals surface area contributed by atoms with Gasteiger partial charge in [-0.2, -0.15) is 12.6 Å². The van der Waals surface area contributed by atoms with Gasteiger partial charge in [0, 0.05) is 13.1 Å². The summed E-state index contributed by atoms with van der Waals surface area (Å²) in [7, 11) is 0. The van der Waals surface area contributed by atoms with E-state index < -0.39 is 0 Å². The summed E-state index contributed by atoms with van der Waals surface area (Å²) in [5.41, 5.74) is 0.425.